The fourth-order valence-corrected chi connectivity index (χ4v) is 1.67. The van der Waals surface area contributed by atoms with Crippen molar-refractivity contribution in [3.05, 3.63) is 29.3 Å². The van der Waals surface area contributed by atoms with Gasteiger partial charge < -0.3 is 10.0 Å². The first-order valence-electron chi connectivity index (χ1n) is 5.50. The average Bonchev–Trinajstić information content (AvgIpc) is 2.29. The van der Waals surface area contributed by atoms with E-state index in [0.717, 1.165) is 6.07 Å². The number of nitrogens with zero attached hydrogens (tertiary/aromatic N) is 1. The first-order chi connectivity index (χ1) is 8.29. The number of alkyl halides is 3. The molecule has 1 aromatic rings. The van der Waals surface area contributed by atoms with Crippen LogP contribution in [0.5, 0.6) is 0 Å². The average molecular weight is 261 g/mol. The molecule has 0 aromatic heterocycles. The maximum Gasteiger partial charge on any atom is 0.416 e. The molecule has 0 heterocycles. The normalized spacial score (nSPS) is 11.4. The molecule has 1 rings (SSSR count). The molecule has 1 aromatic carbocycles. The van der Waals surface area contributed by atoms with Crippen LogP contribution < -0.4 is 4.90 Å². The zero-order chi connectivity index (χ0) is 13.9. The van der Waals surface area contributed by atoms with E-state index in [9.17, 15) is 18.0 Å². The standard InChI is InChI=1S/C12H14F3NO2/c1-3-16(4-2)10-6-8(11(17)18)5-9(7-10)12(13,14)15/h5-7H,3-4H2,1-2H3,(H,17,18). The van der Waals surface area contributed by atoms with Crippen molar-refractivity contribution in [2.24, 2.45) is 0 Å². The summed E-state index contributed by atoms with van der Waals surface area (Å²) in [6, 6.07) is 2.87. The van der Waals surface area contributed by atoms with Gasteiger partial charge in [0.2, 0.25) is 0 Å². The highest BCUT2D eigenvalue weighted by atomic mass is 19.4. The van der Waals surface area contributed by atoms with Gasteiger partial charge in [0.15, 0.2) is 0 Å². The molecule has 0 amide bonds. The summed E-state index contributed by atoms with van der Waals surface area (Å²) < 4.78 is 38.0. The maximum atomic E-state index is 12.7. The molecule has 0 aliphatic carbocycles. The second kappa shape index (κ2) is 5.29. The number of rotatable bonds is 4. The lowest BCUT2D eigenvalue weighted by atomic mass is 10.1. The summed E-state index contributed by atoms with van der Waals surface area (Å²) in [6.45, 7) is 4.61. The SMILES string of the molecule is CCN(CC)c1cc(C(=O)O)cc(C(F)(F)F)c1. The van der Waals surface area contributed by atoms with Gasteiger partial charge in [-0.25, -0.2) is 4.79 Å². The van der Waals surface area contributed by atoms with Crippen LogP contribution in [0.25, 0.3) is 0 Å². The van der Waals surface area contributed by atoms with Crippen molar-refractivity contribution in [1.82, 2.24) is 0 Å². The van der Waals surface area contributed by atoms with Crippen molar-refractivity contribution in [2.45, 2.75) is 20.0 Å². The molecular formula is C12H14F3NO2. The van der Waals surface area contributed by atoms with Crippen LogP contribution in [0.3, 0.4) is 0 Å². The lowest BCUT2D eigenvalue weighted by Crippen LogP contribution is -2.23. The first kappa shape index (κ1) is 14.3. The van der Waals surface area contributed by atoms with Crippen LogP contribution in [-0.2, 0) is 6.18 Å². The second-order valence-corrected chi connectivity index (χ2v) is 3.74. The van der Waals surface area contributed by atoms with Gasteiger partial charge in [0.25, 0.3) is 0 Å². The van der Waals surface area contributed by atoms with Crippen LogP contribution in [0.2, 0.25) is 0 Å². The number of benzene rings is 1. The second-order valence-electron chi connectivity index (χ2n) is 3.74. The number of halogens is 3. The monoisotopic (exact) mass is 261 g/mol. The minimum atomic E-state index is -4.55. The fourth-order valence-electron chi connectivity index (χ4n) is 1.67. The number of carboxylic acids is 1. The Morgan fingerprint density at radius 3 is 2.17 bits per heavy atom. The summed E-state index contributed by atoms with van der Waals surface area (Å²) in [7, 11) is 0. The van der Waals surface area contributed by atoms with E-state index < -0.39 is 17.7 Å². The third-order valence-electron chi connectivity index (χ3n) is 2.62. The summed E-state index contributed by atoms with van der Waals surface area (Å²) in [4.78, 5) is 12.5. The Morgan fingerprint density at radius 1 is 1.22 bits per heavy atom. The summed E-state index contributed by atoms with van der Waals surface area (Å²) in [5.74, 6) is -1.37. The zero-order valence-corrected chi connectivity index (χ0v) is 10.1. The maximum absolute atomic E-state index is 12.7. The van der Waals surface area contributed by atoms with Crippen molar-refractivity contribution in [3.8, 4) is 0 Å². The van der Waals surface area contributed by atoms with Crippen molar-refractivity contribution < 1.29 is 23.1 Å². The molecule has 6 heteroatoms. The third kappa shape index (κ3) is 3.15. The van der Waals surface area contributed by atoms with E-state index in [-0.39, 0.29) is 11.3 Å². The van der Waals surface area contributed by atoms with Gasteiger partial charge in [0.1, 0.15) is 0 Å². The quantitative estimate of drug-likeness (QED) is 0.904. The highest BCUT2D eigenvalue weighted by Gasteiger charge is 2.32. The lowest BCUT2D eigenvalue weighted by molar-refractivity contribution is -0.137. The molecule has 0 spiro atoms. The number of hydrogen-bond acceptors (Lipinski definition) is 2. The van der Waals surface area contributed by atoms with Crippen molar-refractivity contribution in [3.63, 3.8) is 0 Å². The van der Waals surface area contributed by atoms with Crippen LogP contribution in [0.4, 0.5) is 18.9 Å². The molecular weight excluding hydrogens is 247 g/mol. The van der Waals surface area contributed by atoms with Crippen LogP contribution in [0.1, 0.15) is 29.8 Å². The summed E-state index contributed by atoms with van der Waals surface area (Å²) in [6.07, 6.45) is -4.55. The van der Waals surface area contributed by atoms with Gasteiger partial charge in [0.05, 0.1) is 11.1 Å². The highest BCUT2D eigenvalue weighted by molar-refractivity contribution is 5.89. The number of hydrogen-bond donors (Lipinski definition) is 1. The van der Waals surface area contributed by atoms with E-state index >= 15 is 0 Å². The molecule has 0 bridgehead atoms. The minimum absolute atomic E-state index is 0.271. The van der Waals surface area contributed by atoms with E-state index in [1.807, 2.05) is 0 Å². The van der Waals surface area contributed by atoms with Crippen LogP contribution >= 0.6 is 0 Å². The van der Waals surface area contributed by atoms with Gasteiger partial charge >= 0.3 is 12.1 Å². The molecule has 18 heavy (non-hydrogen) atoms. The summed E-state index contributed by atoms with van der Waals surface area (Å²) >= 11 is 0. The molecule has 100 valence electrons. The number of carboxylic acid groups (broad SMARTS) is 1. The molecule has 0 fully saturated rings. The van der Waals surface area contributed by atoms with E-state index in [0.29, 0.717) is 19.2 Å². The molecule has 0 saturated heterocycles. The van der Waals surface area contributed by atoms with Crippen LogP contribution in [0, 0.1) is 0 Å². The van der Waals surface area contributed by atoms with Gasteiger partial charge in [-0.1, -0.05) is 0 Å². The summed E-state index contributed by atoms with van der Waals surface area (Å²) in [5.41, 5.74) is -1.02. The van der Waals surface area contributed by atoms with Gasteiger partial charge in [-0.3, -0.25) is 0 Å². The molecule has 3 nitrogen and oxygen atoms in total. The topological polar surface area (TPSA) is 40.5 Å². The molecule has 0 atom stereocenters. The minimum Gasteiger partial charge on any atom is -0.478 e. The molecule has 0 aliphatic rings. The Morgan fingerprint density at radius 2 is 1.78 bits per heavy atom. The van der Waals surface area contributed by atoms with E-state index in [1.54, 1.807) is 18.7 Å². The Kier molecular flexibility index (Phi) is 4.21. The van der Waals surface area contributed by atoms with Gasteiger partial charge in [0, 0.05) is 18.8 Å². The zero-order valence-electron chi connectivity index (χ0n) is 10.1. The highest BCUT2D eigenvalue weighted by Crippen LogP contribution is 2.33. The van der Waals surface area contributed by atoms with Crippen molar-refractivity contribution >= 4 is 11.7 Å². The molecule has 0 saturated carbocycles. The Hall–Kier alpha value is -1.72. The van der Waals surface area contributed by atoms with E-state index in [1.165, 1.54) is 6.07 Å². The third-order valence-corrected chi connectivity index (χ3v) is 2.62. The first-order valence-corrected chi connectivity index (χ1v) is 5.50. The summed E-state index contributed by atoms with van der Waals surface area (Å²) in [5, 5.41) is 8.84. The van der Waals surface area contributed by atoms with E-state index in [2.05, 4.69) is 0 Å². The predicted octanol–water partition coefficient (Wildman–Crippen LogP) is 3.25. The largest absolute Gasteiger partial charge is 0.478 e. The number of aromatic carboxylic acids is 1. The smallest absolute Gasteiger partial charge is 0.416 e. The molecule has 1 N–H and O–H groups in total. The van der Waals surface area contributed by atoms with Crippen molar-refractivity contribution in [2.75, 3.05) is 18.0 Å². The Bertz CT molecular complexity index is 439. The lowest BCUT2D eigenvalue weighted by Gasteiger charge is -2.22. The number of anilines is 1. The molecule has 0 aliphatic heterocycles. The molecule has 0 unspecified atom stereocenters. The molecule has 0 radical (unpaired) electrons. The van der Waals surface area contributed by atoms with Gasteiger partial charge in [-0.2, -0.15) is 13.2 Å². The Balaban J connectivity index is 3.35. The van der Waals surface area contributed by atoms with Crippen molar-refractivity contribution in [1.29, 1.82) is 0 Å². The fraction of sp³-hybridized carbons (Fsp3) is 0.417. The van der Waals surface area contributed by atoms with Crippen LogP contribution in [-0.4, -0.2) is 24.2 Å². The number of carbonyl (C=O) groups is 1. The van der Waals surface area contributed by atoms with Gasteiger partial charge in [-0.15, -0.1) is 0 Å². The predicted molar refractivity (Wildman–Crippen MR) is 62.0 cm³/mol. The van der Waals surface area contributed by atoms with Gasteiger partial charge in [-0.05, 0) is 32.0 Å². The van der Waals surface area contributed by atoms with Crippen LogP contribution in [0.15, 0.2) is 18.2 Å². The van der Waals surface area contributed by atoms with E-state index in [4.69, 9.17) is 5.11 Å². The Labute approximate surface area is 103 Å².